The lowest BCUT2D eigenvalue weighted by Crippen LogP contribution is -2.40. The molecule has 1 saturated carbocycles. The Balaban J connectivity index is 2.15. The number of likely N-dealkylation sites (N-methyl/N-ethyl adjacent to an activating group) is 1. The van der Waals surface area contributed by atoms with Crippen molar-refractivity contribution in [1.29, 1.82) is 0 Å². The Kier molecular flexibility index (Phi) is 6.22. The van der Waals surface area contributed by atoms with Crippen LogP contribution < -0.4 is 5.73 Å². The first-order chi connectivity index (χ1) is 7.24. The second-order valence-electron chi connectivity index (χ2n) is 4.67. The lowest BCUT2D eigenvalue weighted by molar-refractivity contribution is 0.111. The van der Waals surface area contributed by atoms with Crippen molar-refractivity contribution in [3.63, 3.8) is 0 Å². The maximum absolute atomic E-state index is 6.12. The molecule has 0 aromatic heterocycles. The molecule has 0 aliphatic heterocycles. The average molecular weight is 214 g/mol. The van der Waals surface area contributed by atoms with E-state index in [9.17, 15) is 0 Å². The van der Waals surface area contributed by atoms with Gasteiger partial charge in [0.15, 0.2) is 0 Å². The molecule has 2 N–H and O–H groups in total. The lowest BCUT2D eigenvalue weighted by atomic mass is 9.85. The van der Waals surface area contributed by atoms with E-state index in [4.69, 9.17) is 10.5 Å². The quantitative estimate of drug-likeness (QED) is 0.681. The van der Waals surface area contributed by atoms with Gasteiger partial charge in [0, 0.05) is 25.7 Å². The Morgan fingerprint density at radius 1 is 1.33 bits per heavy atom. The monoisotopic (exact) mass is 214 g/mol. The van der Waals surface area contributed by atoms with Gasteiger partial charge in [0.1, 0.15) is 0 Å². The van der Waals surface area contributed by atoms with Crippen LogP contribution in [0.3, 0.4) is 0 Å². The minimum atomic E-state index is 0.424. The molecule has 1 fully saturated rings. The van der Waals surface area contributed by atoms with E-state index in [0.717, 1.165) is 26.3 Å². The van der Waals surface area contributed by atoms with Gasteiger partial charge in [-0.15, -0.1) is 0 Å². The molecular weight excluding hydrogens is 188 g/mol. The summed E-state index contributed by atoms with van der Waals surface area (Å²) in [6, 6.07) is 0.424. The zero-order chi connectivity index (χ0) is 11.1. The summed E-state index contributed by atoms with van der Waals surface area (Å²) in [5.74, 6) is 0.699. The summed E-state index contributed by atoms with van der Waals surface area (Å²) in [5, 5.41) is 0. The van der Waals surface area contributed by atoms with Gasteiger partial charge in [0.2, 0.25) is 0 Å². The Morgan fingerprint density at radius 2 is 2.07 bits per heavy atom. The molecule has 0 heterocycles. The highest BCUT2D eigenvalue weighted by molar-refractivity contribution is 4.79. The smallest absolute Gasteiger partial charge is 0.0593 e. The molecule has 0 saturated heterocycles. The van der Waals surface area contributed by atoms with Crippen molar-refractivity contribution in [3.8, 4) is 0 Å². The molecule has 0 spiro atoms. The van der Waals surface area contributed by atoms with E-state index in [0.29, 0.717) is 12.0 Å². The summed E-state index contributed by atoms with van der Waals surface area (Å²) in [4.78, 5) is 2.35. The van der Waals surface area contributed by atoms with Crippen LogP contribution in [0.5, 0.6) is 0 Å². The molecule has 0 radical (unpaired) electrons. The van der Waals surface area contributed by atoms with Crippen LogP contribution in [-0.4, -0.2) is 44.3 Å². The third-order valence-electron chi connectivity index (χ3n) is 3.34. The molecule has 1 rings (SSSR count). The van der Waals surface area contributed by atoms with Crippen LogP contribution in [0, 0.1) is 5.92 Å². The average Bonchev–Trinajstić information content (AvgIpc) is 2.22. The second-order valence-corrected chi connectivity index (χ2v) is 4.67. The van der Waals surface area contributed by atoms with Gasteiger partial charge >= 0.3 is 0 Å². The van der Waals surface area contributed by atoms with E-state index in [2.05, 4.69) is 11.9 Å². The number of rotatable bonds is 6. The fraction of sp³-hybridized carbons (Fsp3) is 1.00. The number of hydrogen-bond acceptors (Lipinski definition) is 3. The number of hydrogen-bond donors (Lipinski definition) is 1. The highest BCUT2D eigenvalue weighted by atomic mass is 16.5. The fourth-order valence-electron chi connectivity index (χ4n) is 2.32. The topological polar surface area (TPSA) is 38.5 Å². The van der Waals surface area contributed by atoms with E-state index in [-0.39, 0.29) is 0 Å². The highest BCUT2D eigenvalue weighted by Gasteiger charge is 2.22. The maximum Gasteiger partial charge on any atom is 0.0593 e. The van der Waals surface area contributed by atoms with Crippen molar-refractivity contribution < 1.29 is 4.74 Å². The highest BCUT2D eigenvalue weighted by Crippen LogP contribution is 2.23. The molecule has 2 atom stereocenters. The van der Waals surface area contributed by atoms with Crippen LogP contribution in [-0.2, 0) is 4.74 Å². The summed E-state index contributed by atoms with van der Waals surface area (Å²) in [7, 11) is 2.17. The standard InChI is InChI=1S/C12H26N2O/c1-3-15-9-8-14(2)10-11-6-4-5-7-12(11)13/h11-12H,3-10,13H2,1-2H3. The molecule has 1 aliphatic carbocycles. The summed E-state index contributed by atoms with van der Waals surface area (Å²) >= 11 is 0. The van der Waals surface area contributed by atoms with Crippen LogP contribution in [0.25, 0.3) is 0 Å². The molecule has 3 heteroatoms. The Bertz CT molecular complexity index is 164. The Labute approximate surface area is 94.0 Å². The van der Waals surface area contributed by atoms with Gasteiger partial charge in [-0.3, -0.25) is 0 Å². The van der Waals surface area contributed by atoms with Crippen molar-refractivity contribution in [2.45, 2.75) is 38.6 Å². The summed E-state index contributed by atoms with van der Waals surface area (Å²) in [6.45, 7) is 5.86. The van der Waals surface area contributed by atoms with Gasteiger partial charge in [-0.1, -0.05) is 12.8 Å². The largest absolute Gasteiger partial charge is 0.380 e. The molecule has 0 aromatic rings. The van der Waals surface area contributed by atoms with Crippen LogP contribution >= 0.6 is 0 Å². The van der Waals surface area contributed by atoms with Gasteiger partial charge in [0.25, 0.3) is 0 Å². The van der Waals surface area contributed by atoms with Crippen molar-refractivity contribution in [3.05, 3.63) is 0 Å². The van der Waals surface area contributed by atoms with Crippen LogP contribution in [0.4, 0.5) is 0 Å². The zero-order valence-electron chi connectivity index (χ0n) is 10.2. The maximum atomic E-state index is 6.12. The zero-order valence-corrected chi connectivity index (χ0v) is 10.2. The fourth-order valence-corrected chi connectivity index (χ4v) is 2.32. The van der Waals surface area contributed by atoms with Crippen LogP contribution in [0.1, 0.15) is 32.6 Å². The molecule has 0 aromatic carbocycles. The lowest BCUT2D eigenvalue weighted by Gasteiger charge is -2.31. The summed E-state index contributed by atoms with van der Waals surface area (Å²) < 4.78 is 5.35. The van der Waals surface area contributed by atoms with Crippen molar-refractivity contribution in [1.82, 2.24) is 4.90 Å². The van der Waals surface area contributed by atoms with Gasteiger partial charge in [-0.05, 0) is 32.7 Å². The molecule has 2 unspecified atom stereocenters. The van der Waals surface area contributed by atoms with Gasteiger partial charge in [-0.2, -0.15) is 0 Å². The van der Waals surface area contributed by atoms with Gasteiger partial charge in [-0.25, -0.2) is 0 Å². The van der Waals surface area contributed by atoms with E-state index in [1.54, 1.807) is 0 Å². The van der Waals surface area contributed by atoms with E-state index in [1.165, 1.54) is 25.7 Å². The third-order valence-corrected chi connectivity index (χ3v) is 3.34. The number of ether oxygens (including phenoxy) is 1. The first-order valence-electron chi connectivity index (χ1n) is 6.26. The minimum absolute atomic E-state index is 0.424. The summed E-state index contributed by atoms with van der Waals surface area (Å²) in [6.07, 6.45) is 5.20. The first-order valence-corrected chi connectivity index (χ1v) is 6.26. The van der Waals surface area contributed by atoms with Crippen molar-refractivity contribution >= 4 is 0 Å². The van der Waals surface area contributed by atoms with Crippen molar-refractivity contribution in [2.24, 2.45) is 11.7 Å². The molecule has 1 aliphatic rings. The molecule has 15 heavy (non-hydrogen) atoms. The Morgan fingerprint density at radius 3 is 2.73 bits per heavy atom. The van der Waals surface area contributed by atoms with Gasteiger partial charge < -0.3 is 15.4 Å². The Hall–Kier alpha value is -0.120. The first kappa shape index (κ1) is 12.9. The summed E-state index contributed by atoms with van der Waals surface area (Å²) in [5.41, 5.74) is 6.12. The van der Waals surface area contributed by atoms with E-state index < -0.39 is 0 Å². The molecule has 90 valence electrons. The van der Waals surface area contributed by atoms with Crippen molar-refractivity contribution in [2.75, 3.05) is 33.4 Å². The van der Waals surface area contributed by atoms with E-state index in [1.807, 2.05) is 6.92 Å². The van der Waals surface area contributed by atoms with Gasteiger partial charge in [0.05, 0.1) is 6.61 Å². The van der Waals surface area contributed by atoms with Crippen LogP contribution in [0.15, 0.2) is 0 Å². The van der Waals surface area contributed by atoms with E-state index >= 15 is 0 Å². The second kappa shape index (κ2) is 7.20. The third kappa shape index (κ3) is 4.96. The normalized spacial score (nSPS) is 27.2. The molecule has 3 nitrogen and oxygen atoms in total. The SMILES string of the molecule is CCOCCN(C)CC1CCCCC1N. The predicted molar refractivity (Wildman–Crippen MR) is 63.9 cm³/mol. The molecule has 0 bridgehead atoms. The minimum Gasteiger partial charge on any atom is -0.380 e. The number of nitrogens with zero attached hydrogens (tertiary/aromatic N) is 1. The predicted octanol–water partition coefficient (Wildman–Crippen LogP) is 1.47. The van der Waals surface area contributed by atoms with Crippen LogP contribution in [0.2, 0.25) is 0 Å². The molecule has 0 amide bonds. The number of nitrogens with two attached hydrogens (primary N) is 1. The molecular formula is C12H26N2O.